The van der Waals surface area contributed by atoms with Crippen LogP contribution in [0.2, 0.25) is 0 Å². The maximum atomic E-state index is 13.2. The molecule has 0 aliphatic carbocycles. The number of aliphatic imine (C=N–C) groups is 4. The second kappa shape index (κ2) is 47.8. The fourth-order valence-electron chi connectivity index (χ4n) is 9.56. The van der Waals surface area contributed by atoms with Crippen molar-refractivity contribution in [3.8, 4) is 93.3 Å². The van der Waals surface area contributed by atoms with Crippen LogP contribution < -0.4 is 59.1 Å². The van der Waals surface area contributed by atoms with Crippen molar-refractivity contribution in [3.63, 3.8) is 0 Å². The Labute approximate surface area is 612 Å². The molecule has 2 saturated heterocycles. The van der Waals surface area contributed by atoms with Crippen LogP contribution in [0.3, 0.4) is 0 Å². The smallest absolute Gasteiger partial charge is 0.870 e. The zero-order valence-electron chi connectivity index (χ0n) is 54.2. The van der Waals surface area contributed by atoms with E-state index in [0.29, 0.717) is 97.2 Å². The molecule has 6 aromatic rings. The molecule has 0 N–H and O–H groups in total. The van der Waals surface area contributed by atoms with Gasteiger partial charge in [0.25, 0.3) is 0 Å². The van der Waals surface area contributed by atoms with E-state index in [4.69, 9.17) is 49.5 Å². The normalized spacial score (nSPS) is 14.1. The van der Waals surface area contributed by atoms with Crippen LogP contribution in [0.25, 0.3) is 0 Å². The summed E-state index contributed by atoms with van der Waals surface area (Å²) < 4.78 is 31.0. The quantitative estimate of drug-likeness (QED) is 0.0656. The standard InChI is InChI=1S/2C30H36N4O6.4C2H3N.2Dy/c2*1-38-24-10-4-7-21(27(24)35)19-31-13-15-33-17-18-34(30(33)23-9-6-12-26(40-3)29(23)37)16-14-32-20-22-8-5-11-25(39-2)28(22)36;4*1-2-3;;/h2*4-12,19-20,30,35-37H,13-18H2,1-3H3;4*1H3;;/q;;;;;;2*+3/p-6. The Morgan fingerprint density at radius 3 is 0.723 bits per heavy atom. The van der Waals surface area contributed by atoms with Crippen LogP contribution in [0, 0.1) is 122 Å². The first-order valence-corrected chi connectivity index (χ1v) is 28.8. The van der Waals surface area contributed by atoms with Crippen molar-refractivity contribution < 1.29 is 135 Å². The summed E-state index contributed by atoms with van der Waals surface area (Å²) in [6.07, 6.45) is 5.69. The third-order valence-electron chi connectivity index (χ3n) is 13.7. The van der Waals surface area contributed by atoms with Gasteiger partial charge in [0.05, 0.1) is 105 Å². The van der Waals surface area contributed by atoms with E-state index < -0.39 is 0 Å². The maximum Gasteiger partial charge on any atom is 3.00 e. The first-order chi connectivity index (χ1) is 44.6. The van der Waals surface area contributed by atoms with Gasteiger partial charge in [-0.3, -0.25) is 39.6 Å². The Bertz CT molecular complexity index is 3130. The third-order valence-corrected chi connectivity index (χ3v) is 13.7. The van der Waals surface area contributed by atoms with Crippen molar-refractivity contribution >= 4 is 24.9 Å². The summed E-state index contributed by atoms with van der Waals surface area (Å²) >= 11 is 0. The summed E-state index contributed by atoms with van der Waals surface area (Å²) in [6, 6.07) is 37.9. The van der Waals surface area contributed by atoms with E-state index in [0.717, 1.165) is 26.2 Å². The van der Waals surface area contributed by atoms with Crippen LogP contribution >= 0.6 is 0 Å². The molecule has 0 bridgehead atoms. The van der Waals surface area contributed by atoms with E-state index in [9.17, 15) is 30.6 Å². The molecular weight excluding hydrogens is 1500 g/mol. The second-order valence-electron chi connectivity index (χ2n) is 19.2. The average Bonchev–Trinajstić information content (AvgIpc) is 1.74. The van der Waals surface area contributed by atoms with Crippen molar-refractivity contribution in [2.45, 2.75) is 40.0 Å². The van der Waals surface area contributed by atoms with Gasteiger partial charge in [-0.05, 0) is 69.8 Å². The number of rotatable bonds is 24. The van der Waals surface area contributed by atoms with Crippen molar-refractivity contribution in [3.05, 3.63) is 143 Å². The molecule has 2 radical (unpaired) electrons. The van der Waals surface area contributed by atoms with E-state index in [-0.39, 0.29) is 146 Å². The minimum Gasteiger partial charge on any atom is -0.870 e. The molecule has 0 saturated carbocycles. The molecule has 94 heavy (non-hydrogen) atoms. The number of para-hydroxylation sites is 6. The predicted octanol–water partition coefficient (Wildman–Crippen LogP) is 5.69. The van der Waals surface area contributed by atoms with E-state index in [2.05, 4.69) is 39.6 Å². The van der Waals surface area contributed by atoms with E-state index >= 15 is 0 Å². The third kappa shape index (κ3) is 25.7. The summed E-state index contributed by atoms with van der Waals surface area (Å²) in [6.45, 7) is 12.7. The minimum absolute atomic E-state index is 0. The Hall–Kier alpha value is -8.05. The molecule has 26 heteroatoms. The number of ether oxygens (including phenoxy) is 6. The summed E-state index contributed by atoms with van der Waals surface area (Å²) in [5.41, 5.74) is 3.09. The zero-order valence-corrected chi connectivity index (χ0v) is 58.3. The van der Waals surface area contributed by atoms with Crippen molar-refractivity contribution in [2.75, 3.05) is 121 Å². The molecule has 0 amide bonds. The Morgan fingerprint density at radius 1 is 0.351 bits per heavy atom. The largest absolute Gasteiger partial charge is 3.00 e. The van der Waals surface area contributed by atoms with Crippen LogP contribution in [-0.2, 0) is 0 Å². The van der Waals surface area contributed by atoms with E-state index in [1.165, 1.54) is 70.4 Å². The van der Waals surface area contributed by atoms with Gasteiger partial charge >= 0.3 is 76.3 Å². The maximum absolute atomic E-state index is 13.2. The van der Waals surface area contributed by atoms with Crippen LogP contribution in [0.4, 0.5) is 0 Å². The number of benzene rings is 6. The molecule has 0 unspecified atom stereocenters. The topological polar surface area (TPSA) is 351 Å². The van der Waals surface area contributed by atoms with Crippen LogP contribution in [0.5, 0.6) is 69.0 Å². The van der Waals surface area contributed by atoms with Crippen LogP contribution in [-0.4, -0.2) is 166 Å². The van der Waals surface area contributed by atoms with Gasteiger partial charge in [-0.1, -0.05) is 107 Å². The SMILES string of the molecule is CC#N.CC#N.CC#N.CC#N.COc1cccc(C=NCCN2CCN(CCN=Cc3cccc(OC)c3[O-])C2c2cccc(OC)c2[O-])c1[O-].COc1cccc(C=NCCN2CCN(CCN=Cc3cccc(OC)c3[O-])C2c2cccc(OC)c2[O-])c1[O-].[Dy+3].[Dy+3]. The average molecular weight is 1580 g/mol. The van der Waals surface area contributed by atoms with Gasteiger partial charge in [0.2, 0.25) is 0 Å². The summed E-state index contributed by atoms with van der Waals surface area (Å²) in [4.78, 5) is 26.7. The molecule has 6 aromatic carbocycles. The predicted molar refractivity (Wildman–Crippen MR) is 341 cm³/mol. The van der Waals surface area contributed by atoms with Gasteiger partial charge in [-0.15, -0.1) is 0 Å². The van der Waals surface area contributed by atoms with Gasteiger partial charge in [0.15, 0.2) is 0 Å². The molecule has 2 aliphatic heterocycles. The second-order valence-corrected chi connectivity index (χ2v) is 19.2. The molecule has 502 valence electrons. The summed E-state index contributed by atoms with van der Waals surface area (Å²) in [5.74, 6) is 0.578. The minimum atomic E-state index is -0.285. The van der Waals surface area contributed by atoms with Crippen molar-refractivity contribution in [1.29, 1.82) is 21.0 Å². The first-order valence-electron chi connectivity index (χ1n) is 28.8. The number of nitriles is 4. The molecule has 0 atom stereocenters. The summed E-state index contributed by atoms with van der Waals surface area (Å²) in [5, 5.41) is 105. The van der Waals surface area contributed by atoms with Gasteiger partial charge in [0.1, 0.15) is 34.5 Å². The van der Waals surface area contributed by atoms with Gasteiger partial charge in [-0.25, -0.2) is 0 Å². The van der Waals surface area contributed by atoms with Gasteiger partial charge in [0, 0.05) is 105 Å². The number of nitrogens with zero attached hydrogens (tertiary/aromatic N) is 12. The molecule has 2 heterocycles. The summed E-state index contributed by atoms with van der Waals surface area (Å²) in [7, 11) is 8.82. The molecule has 0 aromatic heterocycles. The molecule has 24 nitrogen and oxygen atoms in total. The van der Waals surface area contributed by atoms with Crippen molar-refractivity contribution in [2.24, 2.45) is 20.0 Å². The Kier molecular flexibility index (Phi) is 42.7. The molecule has 0 spiro atoms. The zero-order chi connectivity index (χ0) is 67.8. The van der Waals surface area contributed by atoms with Gasteiger partial charge in [-0.2, -0.15) is 21.0 Å². The number of hydrogen-bond donors (Lipinski definition) is 0. The van der Waals surface area contributed by atoms with Crippen LogP contribution in [0.1, 0.15) is 73.4 Å². The monoisotopic (exact) mass is 1580 g/mol. The molecule has 8 rings (SSSR count). The molecule has 2 fully saturated rings. The molecular formula is C68H78Dy2N12O12. The van der Waals surface area contributed by atoms with E-state index in [1.54, 1.807) is 134 Å². The van der Waals surface area contributed by atoms with E-state index in [1.807, 2.05) is 24.3 Å². The van der Waals surface area contributed by atoms with Crippen LogP contribution in [0.15, 0.2) is 129 Å². The Balaban J connectivity index is 0.000000790. The first kappa shape index (κ1) is 84.0. The van der Waals surface area contributed by atoms with Gasteiger partial charge < -0.3 is 59.1 Å². The Morgan fingerprint density at radius 2 is 0.532 bits per heavy atom. The molecule has 2 aliphatic rings. The fourth-order valence-corrected chi connectivity index (χ4v) is 9.56. The number of hydrogen-bond acceptors (Lipinski definition) is 24. The van der Waals surface area contributed by atoms with Crippen molar-refractivity contribution in [1.82, 2.24) is 19.6 Å². The number of methoxy groups -OCH3 is 6. The fraction of sp³-hybridized carbons (Fsp3) is 0.353.